The Bertz CT molecular complexity index is 759. The van der Waals surface area contributed by atoms with Crippen LogP contribution in [0.15, 0.2) is 116 Å². The van der Waals surface area contributed by atoms with Crippen LogP contribution in [0.3, 0.4) is 0 Å². The summed E-state index contributed by atoms with van der Waals surface area (Å²) in [5.41, 5.74) is 5.24. The van der Waals surface area contributed by atoms with E-state index in [1.165, 1.54) is 22.3 Å². The number of hydrogen-bond donors (Lipinski definition) is 0. The number of pyridine rings is 1. The Kier molecular flexibility index (Phi) is 4.88. The monoisotopic (exact) mass is 335 g/mol. The number of hydrogen-bond acceptors (Lipinski definition) is 1. The van der Waals surface area contributed by atoms with Gasteiger partial charge < -0.3 is 0 Å². The summed E-state index contributed by atoms with van der Waals surface area (Å²) in [6, 6.07) is 36.6. The third-order valence-corrected chi connectivity index (χ3v) is 4.87. The SMILES string of the molecule is c1ccc(C(c2ccccc2)C(c2ccccc2)c2ccncc2)cc1. The Morgan fingerprint density at radius 3 is 1.04 bits per heavy atom. The lowest BCUT2D eigenvalue weighted by molar-refractivity contribution is 0.693. The fourth-order valence-corrected chi connectivity index (χ4v) is 3.71. The maximum absolute atomic E-state index is 4.23. The molecule has 0 saturated heterocycles. The van der Waals surface area contributed by atoms with Crippen molar-refractivity contribution < 1.29 is 0 Å². The molecular weight excluding hydrogens is 314 g/mol. The van der Waals surface area contributed by atoms with E-state index in [1.807, 2.05) is 12.4 Å². The first kappa shape index (κ1) is 16.3. The van der Waals surface area contributed by atoms with Crippen LogP contribution in [0.5, 0.6) is 0 Å². The molecule has 3 aromatic carbocycles. The molecule has 126 valence electrons. The average Bonchev–Trinajstić information content (AvgIpc) is 2.74. The second-order valence-electron chi connectivity index (χ2n) is 6.47. The minimum absolute atomic E-state index is 0.226. The van der Waals surface area contributed by atoms with E-state index in [2.05, 4.69) is 108 Å². The topological polar surface area (TPSA) is 12.9 Å². The van der Waals surface area contributed by atoms with E-state index in [-0.39, 0.29) is 11.8 Å². The molecule has 0 bridgehead atoms. The first-order valence-electron chi connectivity index (χ1n) is 8.98. The summed E-state index contributed by atoms with van der Waals surface area (Å²) in [6.45, 7) is 0. The minimum Gasteiger partial charge on any atom is -0.265 e. The lowest BCUT2D eigenvalue weighted by Gasteiger charge is -2.29. The van der Waals surface area contributed by atoms with Crippen LogP contribution < -0.4 is 0 Å². The van der Waals surface area contributed by atoms with E-state index in [0.29, 0.717) is 0 Å². The smallest absolute Gasteiger partial charge is 0.0270 e. The summed E-state index contributed by atoms with van der Waals surface area (Å²) in [7, 11) is 0. The van der Waals surface area contributed by atoms with Crippen LogP contribution in [-0.4, -0.2) is 4.98 Å². The molecule has 0 aliphatic carbocycles. The maximum Gasteiger partial charge on any atom is 0.0270 e. The van der Waals surface area contributed by atoms with Crippen LogP contribution in [0.25, 0.3) is 0 Å². The molecule has 1 heteroatoms. The Hall–Kier alpha value is -3.19. The van der Waals surface area contributed by atoms with Crippen molar-refractivity contribution in [3.05, 3.63) is 138 Å². The number of rotatable bonds is 5. The van der Waals surface area contributed by atoms with E-state index >= 15 is 0 Å². The van der Waals surface area contributed by atoms with Gasteiger partial charge in [0.1, 0.15) is 0 Å². The highest BCUT2D eigenvalue weighted by Gasteiger charge is 2.27. The summed E-state index contributed by atoms with van der Waals surface area (Å²) < 4.78 is 0. The molecule has 4 aromatic rings. The molecule has 1 heterocycles. The van der Waals surface area contributed by atoms with Gasteiger partial charge in [0.2, 0.25) is 0 Å². The number of benzene rings is 3. The first-order valence-corrected chi connectivity index (χ1v) is 8.98. The molecule has 1 aromatic heterocycles. The normalized spacial score (nSPS) is 12.0. The molecule has 4 rings (SSSR count). The summed E-state index contributed by atoms with van der Waals surface area (Å²) in [6.07, 6.45) is 3.77. The molecule has 0 radical (unpaired) electrons. The average molecular weight is 335 g/mol. The van der Waals surface area contributed by atoms with Gasteiger partial charge in [-0.25, -0.2) is 0 Å². The highest BCUT2D eigenvalue weighted by atomic mass is 14.6. The molecule has 0 spiro atoms. The largest absolute Gasteiger partial charge is 0.265 e. The zero-order valence-corrected chi connectivity index (χ0v) is 14.6. The summed E-state index contributed by atoms with van der Waals surface area (Å²) in [5, 5.41) is 0. The van der Waals surface area contributed by atoms with Crippen molar-refractivity contribution in [1.82, 2.24) is 4.98 Å². The predicted molar refractivity (Wildman–Crippen MR) is 107 cm³/mol. The number of aromatic nitrogens is 1. The van der Waals surface area contributed by atoms with Crippen molar-refractivity contribution in [3.63, 3.8) is 0 Å². The molecule has 0 aliphatic rings. The van der Waals surface area contributed by atoms with Gasteiger partial charge in [-0.1, -0.05) is 91.0 Å². The van der Waals surface area contributed by atoms with Crippen molar-refractivity contribution in [2.24, 2.45) is 0 Å². The maximum atomic E-state index is 4.23. The zero-order chi connectivity index (χ0) is 17.6. The highest BCUT2D eigenvalue weighted by Crippen LogP contribution is 2.42. The Balaban J connectivity index is 1.93. The van der Waals surface area contributed by atoms with Gasteiger partial charge in [0.15, 0.2) is 0 Å². The van der Waals surface area contributed by atoms with Gasteiger partial charge in [-0.15, -0.1) is 0 Å². The Labute approximate surface area is 155 Å². The lowest BCUT2D eigenvalue weighted by atomic mass is 9.74. The molecule has 0 aliphatic heterocycles. The van der Waals surface area contributed by atoms with Crippen molar-refractivity contribution >= 4 is 0 Å². The summed E-state index contributed by atoms with van der Waals surface area (Å²) in [4.78, 5) is 4.23. The minimum atomic E-state index is 0.226. The first-order chi connectivity index (χ1) is 12.9. The van der Waals surface area contributed by atoms with Gasteiger partial charge in [-0.2, -0.15) is 0 Å². The van der Waals surface area contributed by atoms with Gasteiger partial charge in [-0.05, 0) is 34.4 Å². The van der Waals surface area contributed by atoms with Crippen LogP contribution in [0.2, 0.25) is 0 Å². The van der Waals surface area contributed by atoms with Crippen molar-refractivity contribution in [3.8, 4) is 0 Å². The highest BCUT2D eigenvalue weighted by molar-refractivity contribution is 5.44. The van der Waals surface area contributed by atoms with Crippen molar-refractivity contribution in [2.45, 2.75) is 11.8 Å². The standard InChI is InChI=1S/C25H21N/c1-4-10-20(11-5-1)24(21-12-6-2-7-13-21)25(22-14-8-3-9-15-22)23-16-18-26-19-17-23/h1-19,24-25H. The van der Waals surface area contributed by atoms with E-state index in [0.717, 1.165) is 0 Å². The third-order valence-electron chi connectivity index (χ3n) is 4.87. The molecule has 1 atom stereocenters. The third kappa shape index (κ3) is 3.43. The van der Waals surface area contributed by atoms with Crippen molar-refractivity contribution in [2.75, 3.05) is 0 Å². The van der Waals surface area contributed by atoms with Crippen LogP contribution in [0, 0.1) is 0 Å². The van der Waals surface area contributed by atoms with Gasteiger partial charge in [-0.3, -0.25) is 4.98 Å². The van der Waals surface area contributed by atoms with E-state index in [4.69, 9.17) is 0 Å². The Morgan fingerprint density at radius 1 is 0.385 bits per heavy atom. The van der Waals surface area contributed by atoms with E-state index < -0.39 is 0 Å². The Morgan fingerprint density at radius 2 is 0.692 bits per heavy atom. The van der Waals surface area contributed by atoms with Gasteiger partial charge in [0.05, 0.1) is 0 Å². The van der Waals surface area contributed by atoms with Crippen LogP contribution in [-0.2, 0) is 0 Å². The molecule has 0 fully saturated rings. The molecular formula is C25H21N. The molecule has 1 unspecified atom stereocenters. The fraction of sp³-hybridized carbons (Fsp3) is 0.0800. The van der Waals surface area contributed by atoms with Crippen molar-refractivity contribution in [1.29, 1.82) is 0 Å². The molecule has 0 saturated carbocycles. The zero-order valence-electron chi connectivity index (χ0n) is 14.6. The van der Waals surface area contributed by atoms with E-state index in [1.54, 1.807) is 0 Å². The van der Waals surface area contributed by atoms with Gasteiger partial charge >= 0.3 is 0 Å². The second kappa shape index (κ2) is 7.79. The predicted octanol–water partition coefficient (Wildman–Crippen LogP) is 6.05. The molecule has 0 N–H and O–H groups in total. The molecule has 0 amide bonds. The molecule has 1 nitrogen and oxygen atoms in total. The van der Waals surface area contributed by atoms with Crippen LogP contribution in [0.4, 0.5) is 0 Å². The lowest BCUT2D eigenvalue weighted by Crippen LogP contribution is -2.14. The van der Waals surface area contributed by atoms with Gasteiger partial charge in [0.25, 0.3) is 0 Å². The molecule has 26 heavy (non-hydrogen) atoms. The quantitative estimate of drug-likeness (QED) is 0.433. The van der Waals surface area contributed by atoms with Crippen LogP contribution >= 0.6 is 0 Å². The summed E-state index contributed by atoms with van der Waals surface area (Å²) in [5.74, 6) is 0.464. The number of nitrogens with zero attached hydrogens (tertiary/aromatic N) is 1. The fourth-order valence-electron chi connectivity index (χ4n) is 3.71. The summed E-state index contributed by atoms with van der Waals surface area (Å²) >= 11 is 0. The van der Waals surface area contributed by atoms with Gasteiger partial charge in [0, 0.05) is 24.2 Å². The van der Waals surface area contributed by atoms with Crippen LogP contribution in [0.1, 0.15) is 34.1 Å². The van der Waals surface area contributed by atoms with E-state index in [9.17, 15) is 0 Å². The second-order valence-corrected chi connectivity index (χ2v) is 6.47.